The molecule has 0 aromatic heterocycles. The number of rotatable bonds is 5. The number of ether oxygens (including phenoxy) is 1. The predicted molar refractivity (Wildman–Crippen MR) is 68.7 cm³/mol. The average molecular weight is 272 g/mol. The van der Waals surface area contributed by atoms with E-state index < -0.39 is 0 Å². The normalized spacial score (nSPS) is 12.3. The van der Waals surface area contributed by atoms with E-state index in [1.54, 1.807) is 7.11 Å². The molecule has 0 heterocycles. The van der Waals surface area contributed by atoms with Crippen LogP contribution >= 0.6 is 15.9 Å². The van der Waals surface area contributed by atoms with Gasteiger partial charge < -0.3 is 10.1 Å². The van der Waals surface area contributed by atoms with E-state index in [0.717, 1.165) is 15.9 Å². The molecule has 84 valence electrons. The van der Waals surface area contributed by atoms with Crippen molar-refractivity contribution in [3.63, 3.8) is 0 Å². The Morgan fingerprint density at radius 3 is 2.73 bits per heavy atom. The summed E-state index contributed by atoms with van der Waals surface area (Å²) in [5.74, 6) is 0.865. The number of anilines is 1. The van der Waals surface area contributed by atoms with Crippen molar-refractivity contribution in [1.82, 2.24) is 0 Å². The summed E-state index contributed by atoms with van der Waals surface area (Å²) in [5, 5.41) is 3.45. The molecule has 0 saturated heterocycles. The highest BCUT2D eigenvalue weighted by molar-refractivity contribution is 9.10. The van der Waals surface area contributed by atoms with Gasteiger partial charge in [-0.25, -0.2) is 0 Å². The molecule has 0 spiro atoms. The van der Waals surface area contributed by atoms with E-state index in [2.05, 4.69) is 35.1 Å². The van der Waals surface area contributed by atoms with Crippen molar-refractivity contribution in [2.45, 2.75) is 32.7 Å². The molecule has 0 aliphatic carbocycles. The molecular weight excluding hydrogens is 254 g/mol. The zero-order valence-corrected chi connectivity index (χ0v) is 11.1. The number of nitrogens with one attached hydrogen (secondary N) is 1. The summed E-state index contributed by atoms with van der Waals surface area (Å²) in [6.07, 6.45) is 2.38. The topological polar surface area (TPSA) is 21.3 Å². The fourth-order valence-corrected chi connectivity index (χ4v) is 2.09. The number of methoxy groups -OCH3 is 1. The minimum Gasteiger partial charge on any atom is -0.496 e. The molecule has 0 fully saturated rings. The van der Waals surface area contributed by atoms with Crippen molar-refractivity contribution < 1.29 is 4.74 Å². The Morgan fingerprint density at radius 2 is 2.20 bits per heavy atom. The monoisotopic (exact) mass is 271 g/mol. The highest BCUT2D eigenvalue weighted by Gasteiger charge is 2.03. The predicted octanol–water partition coefficient (Wildman–Crippen LogP) is 4.06. The molecule has 0 aliphatic rings. The second kappa shape index (κ2) is 6.01. The summed E-state index contributed by atoms with van der Waals surface area (Å²) in [6, 6.07) is 6.56. The van der Waals surface area contributed by atoms with Crippen LogP contribution in [0.4, 0.5) is 5.69 Å². The molecule has 3 heteroatoms. The van der Waals surface area contributed by atoms with Gasteiger partial charge in [0.1, 0.15) is 5.75 Å². The lowest BCUT2D eigenvalue weighted by Crippen LogP contribution is -2.14. The number of halogens is 1. The van der Waals surface area contributed by atoms with E-state index in [4.69, 9.17) is 4.74 Å². The minimum atomic E-state index is 0.510. The Balaban J connectivity index is 2.66. The van der Waals surface area contributed by atoms with Crippen LogP contribution in [0.1, 0.15) is 26.7 Å². The highest BCUT2D eigenvalue weighted by Crippen LogP contribution is 2.28. The van der Waals surface area contributed by atoms with E-state index in [0.29, 0.717) is 6.04 Å². The van der Waals surface area contributed by atoms with Gasteiger partial charge in [-0.15, -0.1) is 0 Å². The van der Waals surface area contributed by atoms with Gasteiger partial charge in [-0.1, -0.05) is 13.3 Å². The van der Waals surface area contributed by atoms with Crippen molar-refractivity contribution in [2.75, 3.05) is 12.4 Å². The first kappa shape index (κ1) is 12.4. The Bertz CT molecular complexity index is 314. The van der Waals surface area contributed by atoms with Crippen molar-refractivity contribution in [2.24, 2.45) is 0 Å². The van der Waals surface area contributed by atoms with Gasteiger partial charge in [0.25, 0.3) is 0 Å². The van der Waals surface area contributed by atoms with Crippen LogP contribution in [0.25, 0.3) is 0 Å². The maximum Gasteiger partial charge on any atom is 0.133 e. The molecule has 0 bridgehead atoms. The largest absolute Gasteiger partial charge is 0.496 e. The molecule has 1 aromatic rings. The third-order valence-corrected chi connectivity index (χ3v) is 2.91. The average Bonchev–Trinajstić information content (AvgIpc) is 2.18. The van der Waals surface area contributed by atoms with Gasteiger partial charge in [-0.05, 0) is 47.5 Å². The molecule has 0 saturated carbocycles. The molecule has 15 heavy (non-hydrogen) atoms. The number of hydrogen-bond acceptors (Lipinski definition) is 2. The maximum atomic E-state index is 5.18. The Morgan fingerprint density at radius 1 is 1.47 bits per heavy atom. The van der Waals surface area contributed by atoms with Gasteiger partial charge in [-0.3, -0.25) is 0 Å². The van der Waals surface area contributed by atoms with Crippen molar-refractivity contribution in [1.29, 1.82) is 0 Å². The lowest BCUT2D eigenvalue weighted by molar-refractivity contribution is 0.412. The van der Waals surface area contributed by atoms with Crippen LogP contribution in [0.15, 0.2) is 22.7 Å². The molecule has 0 radical (unpaired) electrons. The molecule has 0 aliphatic heterocycles. The van der Waals surface area contributed by atoms with E-state index >= 15 is 0 Å². The summed E-state index contributed by atoms with van der Waals surface area (Å²) >= 11 is 3.47. The van der Waals surface area contributed by atoms with Gasteiger partial charge in [0, 0.05) is 11.7 Å². The van der Waals surface area contributed by atoms with Gasteiger partial charge in [0.2, 0.25) is 0 Å². The van der Waals surface area contributed by atoms with Crippen LogP contribution in [0, 0.1) is 0 Å². The summed E-state index contributed by atoms with van der Waals surface area (Å²) in [6.45, 7) is 4.39. The van der Waals surface area contributed by atoms with Crippen LogP contribution in [0.5, 0.6) is 5.75 Å². The van der Waals surface area contributed by atoms with E-state index in [-0.39, 0.29) is 0 Å². The fraction of sp³-hybridized carbons (Fsp3) is 0.500. The third-order valence-electron chi connectivity index (χ3n) is 2.29. The van der Waals surface area contributed by atoms with E-state index in [1.165, 1.54) is 12.8 Å². The number of benzene rings is 1. The van der Waals surface area contributed by atoms with Gasteiger partial charge >= 0.3 is 0 Å². The lowest BCUT2D eigenvalue weighted by Gasteiger charge is -2.15. The summed E-state index contributed by atoms with van der Waals surface area (Å²) in [4.78, 5) is 0. The Kier molecular flexibility index (Phi) is 4.95. The molecule has 2 nitrogen and oxygen atoms in total. The first-order chi connectivity index (χ1) is 7.17. The van der Waals surface area contributed by atoms with Crippen LogP contribution in [-0.2, 0) is 0 Å². The van der Waals surface area contributed by atoms with Crippen LogP contribution in [-0.4, -0.2) is 13.2 Å². The van der Waals surface area contributed by atoms with Crippen LogP contribution in [0.3, 0.4) is 0 Å². The van der Waals surface area contributed by atoms with Gasteiger partial charge in [-0.2, -0.15) is 0 Å². The molecule has 1 aromatic carbocycles. The Hall–Kier alpha value is -0.700. The van der Waals surface area contributed by atoms with Crippen LogP contribution in [0.2, 0.25) is 0 Å². The molecule has 1 rings (SSSR count). The quantitative estimate of drug-likeness (QED) is 0.872. The smallest absolute Gasteiger partial charge is 0.133 e. The second-order valence-electron chi connectivity index (χ2n) is 3.68. The van der Waals surface area contributed by atoms with E-state index in [1.807, 2.05) is 18.2 Å². The minimum absolute atomic E-state index is 0.510. The molecule has 0 amide bonds. The third kappa shape index (κ3) is 3.74. The first-order valence-corrected chi connectivity index (χ1v) is 6.06. The maximum absolute atomic E-state index is 5.18. The highest BCUT2D eigenvalue weighted by atomic mass is 79.9. The zero-order valence-electron chi connectivity index (χ0n) is 9.51. The summed E-state index contributed by atoms with van der Waals surface area (Å²) in [7, 11) is 1.67. The van der Waals surface area contributed by atoms with Crippen molar-refractivity contribution in [3.05, 3.63) is 22.7 Å². The molecule has 1 unspecified atom stereocenters. The molecular formula is C12H18BrNO. The number of hydrogen-bond donors (Lipinski definition) is 1. The van der Waals surface area contributed by atoms with Crippen molar-refractivity contribution in [3.8, 4) is 5.75 Å². The second-order valence-corrected chi connectivity index (χ2v) is 4.54. The van der Waals surface area contributed by atoms with Gasteiger partial charge in [0.15, 0.2) is 0 Å². The standard InChI is InChI=1S/C12H18BrNO/c1-4-5-9(2)14-10-6-7-12(15-3)11(13)8-10/h6-9,14H,4-5H2,1-3H3. The van der Waals surface area contributed by atoms with Gasteiger partial charge in [0.05, 0.1) is 11.6 Å². The fourth-order valence-electron chi connectivity index (χ4n) is 1.55. The zero-order chi connectivity index (χ0) is 11.3. The van der Waals surface area contributed by atoms with Crippen molar-refractivity contribution >= 4 is 21.6 Å². The summed E-state index contributed by atoms with van der Waals surface area (Å²) in [5.41, 5.74) is 1.13. The molecule has 1 N–H and O–H groups in total. The summed E-state index contributed by atoms with van der Waals surface area (Å²) < 4.78 is 6.16. The van der Waals surface area contributed by atoms with E-state index in [9.17, 15) is 0 Å². The molecule has 1 atom stereocenters. The Labute approximate surface area is 100 Å². The SMILES string of the molecule is CCCC(C)Nc1ccc(OC)c(Br)c1. The first-order valence-electron chi connectivity index (χ1n) is 5.27. The lowest BCUT2D eigenvalue weighted by atomic mass is 10.2. The van der Waals surface area contributed by atoms with Crippen LogP contribution < -0.4 is 10.1 Å².